The molecule has 0 aliphatic carbocycles. The fraction of sp³-hybridized carbons (Fsp3) is 0.588. The zero-order chi connectivity index (χ0) is 19.4. The molecule has 1 atom stereocenters. The first-order chi connectivity index (χ1) is 12.8. The van der Waals surface area contributed by atoms with E-state index < -0.39 is 12.7 Å². The highest BCUT2D eigenvalue weighted by Crippen LogP contribution is 2.38. The highest BCUT2D eigenvalue weighted by molar-refractivity contribution is 6.32. The van der Waals surface area contributed by atoms with E-state index in [2.05, 4.69) is 15.6 Å². The number of hydrogen-bond donors (Lipinski definition) is 2. The number of rotatable bonds is 4. The SMILES string of the molecule is CN=C(NCc1cc(Cl)c2c(c1)OCCO2)NC1CCN(CC(F)(F)F)C1. The second-order valence-corrected chi connectivity index (χ2v) is 6.92. The molecule has 1 aromatic rings. The summed E-state index contributed by atoms with van der Waals surface area (Å²) in [5, 5.41) is 6.80. The van der Waals surface area contributed by atoms with Crippen molar-refractivity contribution in [2.45, 2.75) is 25.2 Å². The van der Waals surface area contributed by atoms with E-state index in [4.69, 9.17) is 21.1 Å². The molecule has 27 heavy (non-hydrogen) atoms. The van der Waals surface area contributed by atoms with Gasteiger partial charge in [-0.3, -0.25) is 9.89 Å². The van der Waals surface area contributed by atoms with Crippen LogP contribution in [0, 0.1) is 0 Å². The highest BCUT2D eigenvalue weighted by Gasteiger charge is 2.34. The van der Waals surface area contributed by atoms with Crippen LogP contribution in [0.25, 0.3) is 0 Å². The Bertz CT molecular complexity index is 699. The molecule has 0 radical (unpaired) electrons. The third-order valence-electron chi connectivity index (χ3n) is 4.36. The normalized spacial score (nSPS) is 20.6. The van der Waals surface area contributed by atoms with Crippen molar-refractivity contribution < 1.29 is 22.6 Å². The van der Waals surface area contributed by atoms with Crippen LogP contribution in [0.15, 0.2) is 17.1 Å². The second-order valence-electron chi connectivity index (χ2n) is 6.51. The summed E-state index contributed by atoms with van der Waals surface area (Å²) in [6.45, 7) is 1.23. The van der Waals surface area contributed by atoms with Gasteiger partial charge in [-0.1, -0.05) is 11.6 Å². The van der Waals surface area contributed by atoms with Crippen molar-refractivity contribution in [2.24, 2.45) is 4.99 Å². The topological polar surface area (TPSA) is 58.1 Å². The van der Waals surface area contributed by atoms with Crippen molar-refractivity contribution in [1.82, 2.24) is 15.5 Å². The van der Waals surface area contributed by atoms with E-state index in [1.54, 1.807) is 13.1 Å². The van der Waals surface area contributed by atoms with Crippen LogP contribution in [0.1, 0.15) is 12.0 Å². The Morgan fingerprint density at radius 2 is 2.11 bits per heavy atom. The van der Waals surface area contributed by atoms with Crippen molar-refractivity contribution >= 4 is 17.6 Å². The summed E-state index contributed by atoms with van der Waals surface area (Å²) < 4.78 is 48.5. The molecule has 0 aromatic heterocycles. The molecule has 2 aliphatic rings. The Kier molecular flexibility index (Phi) is 6.21. The van der Waals surface area contributed by atoms with E-state index in [0.717, 1.165) is 5.56 Å². The summed E-state index contributed by atoms with van der Waals surface area (Å²) >= 11 is 6.23. The smallest absolute Gasteiger partial charge is 0.401 e. The third-order valence-corrected chi connectivity index (χ3v) is 4.64. The molecule has 1 fully saturated rings. The molecule has 2 N–H and O–H groups in total. The molecule has 1 unspecified atom stereocenters. The fourth-order valence-corrected chi connectivity index (χ4v) is 3.48. The van der Waals surface area contributed by atoms with Crippen molar-refractivity contribution in [3.05, 3.63) is 22.7 Å². The van der Waals surface area contributed by atoms with Crippen molar-refractivity contribution in [2.75, 3.05) is 39.9 Å². The predicted octanol–water partition coefficient (Wildman–Crippen LogP) is 2.41. The van der Waals surface area contributed by atoms with Gasteiger partial charge in [0, 0.05) is 32.7 Å². The summed E-state index contributed by atoms with van der Waals surface area (Å²) in [5.41, 5.74) is 0.886. The highest BCUT2D eigenvalue weighted by atomic mass is 35.5. The number of fused-ring (bicyclic) bond motifs is 1. The number of nitrogens with one attached hydrogen (secondary N) is 2. The lowest BCUT2D eigenvalue weighted by molar-refractivity contribution is -0.143. The summed E-state index contributed by atoms with van der Waals surface area (Å²) in [4.78, 5) is 5.54. The molecule has 1 aromatic carbocycles. The van der Waals surface area contributed by atoms with Gasteiger partial charge >= 0.3 is 6.18 Å². The molecule has 0 saturated carbocycles. The van der Waals surface area contributed by atoms with Crippen LogP contribution >= 0.6 is 11.6 Å². The number of nitrogens with zero attached hydrogens (tertiary/aromatic N) is 2. The molecular formula is C17H22ClF3N4O2. The van der Waals surface area contributed by atoms with Gasteiger partial charge in [-0.25, -0.2) is 0 Å². The van der Waals surface area contributed by atoms with Gasteiger partial charge in [0.25, 0.3) is 0 Å². The van der Waals surface area contributed by atoms with Crippen LogP contribution in [-0.2, 0) is 6.54 Å². The van der Waals surface area contributed by atoms with Crippen molar-refractivity contribution in [1.29, 1.82) is 0 Å². The van der Waals surface area contributed by atoms with Gasteiger partial charge in [0.15, 0.2) is 17.5 Å². The first kappa shape index (κ1) is 19.9. The van der Waals surface area contributed by atoms with Crippen molar-refractivity contribution in [3.63, 3.8) is 0 Å². The van der Waals surface area contributed by atoms with E-state index in [1.807, 2.05) is 6.07 Å². The predicted molar refractivity (Wildman–Crippen MR) is 96.7 cm³/mol. The zero-order valence-corrected chi connectivity index (χ0v) is 15.7. The molecule has 10 heteroatoms. The number of hydrogen-bond acceptors (Lipinski definition) is 4. The molecule has 2 heterocycles. The maximum Gasteiger partial charge on any atom is 0.401 e. The van der Waals surface area contributed by atoms with Gasteiger partial charge in [0.2, 0.25) is 0 Å². The van der Waals surface area contributed by atoms with Gasteiger partial charge in [-0.2, -0.15) is 13.2 Å². The summed E-state index contributed by atoms with van der Waals surface area (Å²) in [6.07, 6.45) is -3.54. The zero-order valence-electron chi connectivity index (χ0n) is 14.9. The Labute approximate surface area is 160 Å². The number of halogens is 4. The molecule has 3 rings (SSSR count). The first-order valence-electron chi connectivity index (χ1n) is 8.68. The second kappa shape index (κ2) is 8.43. The maximum atomic E-state index is 12.5. The Hall–Kier alpha value is -1.87. The minimum Gasteiger partial charge on any atom is -0.486 e. The van der Waals surface area contributed by atoms with E-state index in [-0.39, 0.29) is 6.04 Å². The molecule has 0 amide bonds. The van der Waals surface area contributed by atoms with Gasteiger partial charge < -0.3 is 20.1 Å². The van der Waals surface area contributed by atoms with E-state index in [9.17, 15) is 13.2 Å². The lowest BCUT2D eigenvalue weighted by Gasteiger charge is -2.21. The van der Waals surface area contributed by atoms with Crippen LogP contribution in [0.3, 0.4) is 0 Å². The number of likely N-dealkylation sites (tertiary alicyclic amines) is 1. The van der Waals surface area contributed by atoms with Gasteiger partial charge in [-0.15, -0.1) is 0 Å². The Morgan fingerprint density at radius 3 is 2.85 bits per heavy atom. The number of alkyl halides is 3. The average molecular weight is 407 g/mol. The summed E-state index contributed by atoms with van der Waals surface area (Å²) in [7, 11) is 1.62. The van der Waals surface area contributed by atoms with Crippen LogP contribution in [0.5, 0.6) is 11.5 Å². The number of aliphatic imine (C=N–C) groups is 1. The van der Waals surface area contributed by atoms with Gasteiger partial charge in [0.1, 0.15) is 13.2 Å². The van der Waals surface area contributed by atoms with Gasteiger partial charge in [0.05, 0.1) is 11.6 Å². The third kappa shape index (κ3) is 5.55. The molecule has 1 saturated heterocycles. The monoisotopic (exact) mass is 406 g/mol. The largest absolute Gasteiger partial charge is 0.486 e. The molecule has 150 valence electrons. The van der Waals surface area contributed by atoms with E-state index >= 15 is 0 Å². The first-order valence-corrected chi connectivity index (χ1v) is 9.06. The van der Waals surface area contributed by atoms with Crippen LogP contribution in [0.2, 0.25) is 5.02 Å². The Morgan fingerprint density at radius 1 is 1.33 bits per heavy atom. The standard InChI is InChI=1S/C17H22ClF3N4O2/c1-22-16(24-12-2-3-25(9-12)10-17(19,20)21)23-8-11-6-13(18)15-14(7-11)26-4-5-27-15/h6-7,12H,2-5,8-10H2,1H3,(H2,22,23,24). The van der Waals surface area contributed by atoms with Crippen LogP contribution in [0.4, 0.5) is 13.2 Å². The minimum atomic E-state index is -4.17. The molecule has 6 nitrogen and oxygen atoms in total. The lowest BCUT2D eigenvalue weighted by Crippen LogP contribution is -2.44. The molecule has 0 bridgehead atoms. The quantitative estimate of drug-likeness (QED) is 0.594. The van der Waals surface area contributed by atoms with Crippen LogP contribution < -0.4 is 20.1 Å². The summed E-state index contributed by atoms with van der Waals surface area (Å²) in [6, 6.07) is 3.56. The van der Waals surface area contributed by atoms with E-state index in [0.29, 0.717) is 61.8 Å². The van der Waals surface area contributed by atoms with Crippen molar-refractivity contribution in [3.8, 4) is 11.5 Å². The Balaban J connectivity index is 1.52. The number of guanidine groups is 1. The average Bonchev–Trinajstić information content (AvgIpc) is 3.03. The number of ether oxygens (including phenoxy) is 2. The minimum absolute atomic E-state index is 0.0811. The number of benzene rings is 1. The van der Waals surface area contributed by atoms with Gasteiger partial charge in [-0.05, 0) is 24.1 Å². The summed E-state index contributed by atoms with van der Waals surface area (Å²) in [5.74, 6) is 1.68. The molecule has 0 spiro atoms. The van der Waals surface area contributed by atoms with Crippen LogP contribution in [-0.4, -0.2) is 63.0 Å². The maximum absolute atomic E-state index is 12.5. The van der Waals surface area contributed by atoms with E-state index in [1.165, 1.54) is 4.90 Å². The molecule has 2 aliphatic heterocycles. The fourth-order valence-electron chi connectivity index (χ4n) is 3.19. The lowest BCUT2D eigenvalue weighted by atomic mass is 10.2. The molecular weight excluding hydrogens is 385 g/mol.